The zero-order chi connectivity index (χ0) is 12.4. The first-order valence-electron chi connectivity index (χ1n) is 6.42. The molecule has 17 heavy (non-hydrogen) atoms. The Kier molecular flexibility index (Phi) is 3.63. The molecule has 2 nitrogen and oxygen atoms in total. The predicted molar refractivity (Wildman–Crippen MR) is 70.1 cm³/mol. The standard InChI is InChI=1S/C15H21NO/c1-10-8-11(2)15(16-9-10)14-6-4-13(5-7-14)12(3)17/h4-7,10-11,15-16H,8-9H2,1-3H3. The number of carbonyl (C=O) groups is 1. The van der Waals surface area contributed by atoms with Gasteiger partial charge in [-0.15, -0.1) is 0 Å². The molecule has 0 radical (unpaired) electrons. The summed E-state index contributed by atoms with van der Waals surface area (Å²) in [4.78, 5) is 11.2. The van der Waals surface area contributed by atoms with Crippen molar-refractivity contribution in [3.8, 4) is 0 Å². The highest BCUT2D eigenvalue weighted by Gasteiger charge is 2.25. The summed E-state index contributed by atoms with van der Waals surface area (Å²) in [5.74, 6) is 1.55. The van der Waals surface area contributed by atoms with Crippen molar-refractivity contribution in [1.82, 2.24) is 5.32 Å². The molecule has 0 bridgehead atoms. The molecule has 1 aromatic rings. The zero-order valence-corrected chi connectivity index (χ0v) is 10.9. The Bertz CT molecular complexity index is 396. The Morgan fingerprint density at radius 1 is 1.24 bits per heavy atom. The fourth-order valence-electron chi connectivity index (χ4n) is 2.75. The van der Waals surface area contributed by atoms with Crippen molar-refractivity contribution in [2.45, 2.75) is 33.2 Å². The first-order chi connectivity index (χ1) is 8.08. The fraction of sp³-hybridized carbons (Fsp3) is 0.533. The molecular formula is C15H21NO. The molecule has 1 aliphatic heterocycles. The molecular weight excluding hydrogens is 210 g/mol. The molecule has 0 spiro atoms. The second kappa shape index (κ2) is 5.01. The van der Waals surface area contributed by atoms with E-state index in [0.717, 1.165) is 18.0 Å². The Hall–Kier alpha value is -1.15. The van der Waals surface area contributed by atoms with Gasteiger partial charge in [-0.3, -0.25) is 4.79 Å². The van der Waals surface area contributed by atoms with E-state index in [2.05, 4.69) is 31.3 Å². The van der Waals surface area contributed by atoms with Crippen LogP contribution in [0.1, 0.15) is 49.2 Å². The summed E-state index contributed by atoms with van der Waals surface area (Å²) in [5.41, 5.74) is 2.10. The SMILES string of the molecule is CC(=O)c1ccc(C2NCC(C)CC2C)cc1. The molecule has 0 aliphatic carbocycles. The third-order valence-corrected chi connectivity index (χ3v) is 3.71. The zero-order valence-electron chi connectivity index (χ0n) is 10.9. The molecule has 2 rings (SSSR count). The smallest absolute Gasteiger partial charge is 0.159 e. The van der Waals surface area contributed by atoms with Gasteiger partial charge in [0.25, 0.3) is 0 Å². The van der Waals surface area contributed by atoms with E-state index in [1.54, 1.807) is 6.92 Å². The normalized spacial score (nSPS) is 29.0. The monoisotopic (exact) mass is 231 g/mol. The number of benzene rings is 1. The van der Waals surface area contributed by atoms with Crippen molar-refractivity contribution in [3.63, 3.8) is 0 Å². The average Bonchev–Trinajstić information content (AvgIpc) is 2.29. The van der Waals surface area contributed by atoms with Gasteiger partial charge >= 0.3 is 0 Å². The number of nitrogens with one attached hydrogen (secondary N) is 1. The van der Waals surface area contributed by atoms with Crippen molar-refractivity contribution in [1.29, 1.82) is 0 Å². The first-order valence-corrected chi connectivity index (χ1v) is 6.42. The minimum atomic E-state index is 0.134. The highest BCUT2D eigenvalue weighted by Crippen LogP contribution is 2.31. The molecule has 1 fully saturated rings. The lowest BCUT2D eigenvalue weighted by molar-refractivity contribution is 0.101. The number of piperidine rings is 1. The summed E-state index contributed by atoms with van der Waals surface area (Å²) in [5, 5.41) is 3.60. The van der Waals surface area contributed by atoms with Gasteiger partial charge in [0.05, 0.1) is 0 Å². The first kappa shape index (κ1) is 12.3. The molecule has 1 aliphatic rings. The molecule has 3 atom stereocenters. The van der Waals surface area contributed by atoms with Crippen LogP contribution in [0.3, 0.4) is 0 Å². The van der Waals surface area contributed by atoms with Crippen LogP contribution in [-0.4, -0.2) is 12.3 Å². The van der Waals surface area contributed by atoms with Gasteiger partial charge in [-0.1, -0.05) is 38.1 Å². The molecule has 1 saturated heterocycles. The minimum absolute atomic E-state index is 0.134. The Morgan fingerprint density at radius 3 is 2.41 bits per heavy atom. The third-order valence-electron chi connectivity index (χ3n) is 3.71. The molecule has 1 N–H and O–H groups in total. The third kappa shape index (κ3) is 2.75. The highest BCUT2D eigenvalue weighted by molar-refractivity contribution is 5.94. The van der Waals surface area contributed by atoms with Crippen LogP contribution < -0.4 is 5.32 Å². The van der Waals surface area contributed by atoms with Crippen LogP contribution in [0.2, 0.25) is 0 Å². The summed E-state index contributed by atoms with van der Waals surface area (Å²) >= 11 is 0. The molecule has 1 aromatic carbocycles. The van der Waals surface area contributed by atoms with Gasteiger partial charge in [0.1, 0.15) is 0 Å². The maximum atomic E-state index is 11.2. The molecule has 3 unspecified atom stereocenters. The largest absolute Gasteiger partial charge is 0.309 e. The van der Waals surface area contributed by atoms with Crippen LogP contribution in [0.5, 0.6) is 0 Å². The summed E-state index contributed by atoms with van der Waals surface area (Å²) in [6.45, 7) is 7.28. The Morgan fingerprint density at radius 2 is 1.88 bits per heavy atom. The van der Waals surface area contributed by atoms with E-state index in [4.69, 9.17) is 0 Å². The molecule has 0 aromatic heterocycles. The number of Topliss-reactive ketones (excluding diaryl/α,β-unsaturated/α-hetero) is 1. The number of ketones is 1. The van der Waals surface area contributed by atoms with E-state index >= 15 is 0 Å². The van der Waals surface area contributed by atoms with Crippen molar-refractivity contribution >= 4 is 5.78 Å². The van der Waals surface area contributed by atoms with Gasteiger partial charge in [0.15, 0.2) is 5.78 Å². The summed E-state index contributed by atoms with van der Waals surface area (Å²) in [6, 6.07) is 8.47. The summed E-state index contributed by atoms with van der Waals surface area (Å²) in [6.07, 6.45) is 1.27. The van der Waals surface area contributed by atoms with Gasteiger partial charge in [-0.05, 0) is 37.3 Å². The number of hydrogen-bond acceptors (Lipinski definition) is 2. The Balaban J connectivity index is 2.14. The van der Waals surface area contributed by atoms with Gasteiger partial charge < -0.3 is 5.32 Å². The molecule has 0 saturated carbocycles. The quantitative estimate of drug-likeness (QED) is 0.792. The van der Waals surface area contributed by atoms with E-state index in [9.17, 15) is 4.79 Å². The van der Waals surface area contributed by atoms with Crippen LogP contribution in [0.4, 0.5) is 0 Å². The van der Waals surface area contributed by atoms with Gasteiger partial charge in [-0.25, -0.2) is 0 Å². The molecule has 2 heteroatoms. The van der Waals surface area contributed by atoms with Crippen molar-refractivity contribution < 1.29 is 4.79 Å². The Labute approximate surface area is 103 Å². The lowest BCUT2D eigenvalue weighted by Gasteiger charge is -2.34. The van der Waals surface area contributed by atoms with Crippen LogP contribution in [0.15, 0.2) is 24.3 Å². The van der Waals surface area contributed by atoms with Gasteiger partial charge in [-0.2, -0.15) is 0 Å². The van der Waals surface area contributed by atoms with E-state index in [1.807, 2.05) is 12.1 Å². The summed E-state index contributed by atoms with van der Waals surface area (Å²) < 4.78 is 0. The molecule has 1 heterocycles. The van der Waals surface area contributed by atoms with E-state index in [1.165, 1.54) is 12.0 Å². The van der Waals surface area contributed by atoms with E-state index in [0.29, 0.717) is 12.0 Å². The average molecular weight is 231 g/mol. The highest BCUT2D eigenvalue weighted by atomic mass is 16.1. The topological polar surface area (TPSA) is 29.1 Å². The maximum absolute atomic E-state index is 11.2. The molecule has 92 valence electrons. The lowest BCUT2D eigenvalue weighted by atomic mass is 9.83. The second-order valence-electron chi connectivity index (χ2n) is 5.38. The molecule has 0 amide bonds. The number of carbonyl (C=O) groups excluding carboxylic acids is 1. The van der Waals surface area contributed by atoms with Crippen LogP contribution in [0.25, 0.3) is 0 Å². The van der Waals surface area contributed by atoms with Gasteiger partial charge in [0, 0.05) is 11.6 Å². The van der Waals surface area contributed by atoms with Crippen LogP contribution in [0, 0.1) is 11.8 Å². The van der Waals surface area contributed by atoms with Gasteiger partial charge in [0.2, 0.25) is 0 Å². The minimum Gasteiger partial charge on any atom is -0.309 e. The van der Waals surface area contributed by atoms with E-state index < -0.39 is 0 Å². The fourth-order valence-corrected chi connectivity index (χ4v) is 2.75. The number of rotatable bonds is 2. The maximum Gasteiger partial charge on any atom is 0.159 e. The van der Waals surface area contributed by atoms with Crippen LogP contribution >= 0.6 is 0 Å². The lowest BCUT2D eigenvalue weighted by Crippen LogP contribution is -2.37. The number of hydrogen-bond donors (Lipinski definition) is 1. The predicted octanol–water partition coefficient (Wildman–Crippen LogP) is 3.20. The van der Waals surface area contributed by atoms with Crippen molar-refractivity contribution in [2.24, 2.45) is 11.8 Å². The van der Waals surface area contributed by atoms with Crippen molar-refractivity contribution in [3.05, 3.63) is 35.4 Å². The summed E-state index contributed by atoms with van der Waals surface area (Å²) in [7, 11) is 0. The van der Waals surface area contributed by atoms with E-state index in [-0.39, 0.29) is 5.78 Å². The van der Waals surface area contributed by atoms with Crippen molar-refractivity contribution in [2.75, 3.05) is 6.54 Å². The second-order valence-corrected chi connectivity index (χ2v) is 5.38. The van der Waals surface area contributed by atoms with Crippen LogP contribution in [-0.2, 0) is 0 Å².